The minimum absolute atomic E-state index is 0.573. The molecule has 0 atom stereocenters. The highest BCUT2D eigenvalue weighted by Crippen LogP contribution is 2.45. The molecule has 2 fully saturated rings. The fraction of sp³-hybridized carbons (Fsp3) is 0.333. The van der Waals surface area contributed by atoms with Gasteiger partial charge in [-0.2, -0.15) is 0 Å². The molecule has 0 aromatic carbocycles. The van der Waals surface area contributed by atoms with Crippen LogP contribution < -0.4 is 0 Å². The zero-order valence-corrected chi connectivity index (χ0v) is 19.7. The molecule has 1 aliphatic carbocycles. The summed E-state index contributed by atoms with van der Waals surface area (Å²) in [5.74, 6) is 0. The van der Waals surface area contributed by atoms with Crippen molar-refractivity contribution < 1.29 is 0 Å². The topological polar surface area (TPSA) is 69.1 Å². The second kappa shape index (κ2) is 8.16. The Morgan fingerprint density at radius 1 is 0.914 bits per heavy atom. The quantitative estimate of drug-likeness (QED) is 0.377. The third-order valence-corrected chi connectivity index (χ3v) is 7.54. The smallest absolute Gasteiger partial charge is 0.137 e. The summed E-state index contributed by atoms with van der Waals surface area (Å²) in [6.07, 6.45) is 19.6. The highest BCUT2D eigenvalue weighted by molar-refractivity contribution is 5.59. The fourth-order valence-electron chi connectivity index (χ4n) is 5.86. The second-order valence-electron chi connectivity index (χ2n) is 10.2. The molecule has 8 heteroatoms. The van der Waals surface area contributed by atoms with E-state index < -0.39 is 0 Å². The molecule has 176 valence electrons. The van der Waals surface area contributed by atoms with Gasteiger partial charge in [-0.15, -0.1) is 5.10 Å². The molecule has 0 amide bonds. The number of hydrogen-bond acceptors (Lipinski definition) is 5. The number of rotatable bonds is 6. The van der Waals surface area contributed by atoms with E-state index in [4.69, 9.17) is 4.98 Å². The molecule has 0 radical (unpaired) electrons. The van der Waals surface area contributed by atoms with Crippen LogP contribution in [0.15, 0.2) is 73.7 Å². The van der Waals surface area contributed by atoms with E-state index in [0.29, 0.717) is 12.0 Å². The molecule has 6 heterocycles. The van der Waals surface area contributed by atoms with E-state index in [0.717, 1.165) is 34.8 Å². The van der Waals surface area contributed by atoms with E-state index >= 15 is 0 Å². The number of imidazole rings is 1. The van der Waals surface area contributed by atoms with Crippen molar-refractivity contribution in [3.8, 4) is 16.9 Å². The van der Waals surface area contributed by atoms with Crippen molar-refractivity contribution in [2.75, 3.05) is 13.1 Å². The Morgan fingerprint density at radius 2 is 1.77 bits per heavy atom. The summed E-state index contributed by atoms with van der Waals surface area (Å²) in [6, 6.07) is 10.4. The summed E-state index contributed by atoms with van der Waals surface area (Å²) in [5.41, 5.74) is 6.64. The van der Waals surface area contributed by atoms with Gasteiger partial charge in [0.25, 0.3) is 0 Å². The van der Waals surface area contributed by atoms with Crippen LogP contribution in [0.25, 0.3) is 22.6 Å². The van der Waals surface area contributed by atoms with Gasteiger partial charge in [0.05, 0.1) is 30.3 Å². The molecule has 7 rings (SSSR count). The molecule has 0 N–H and O–H groups in total. The standard InChI is InChI=1S/C27H28N8/c1-2-8-27(7-1)19-32(20-27)14-21-5-6-26-29-23(16-34(26)15-21)17-35-18-25(30-31-35)22-11-24(13-28-12-22)33-9-3-4-10-33/h3-6,9-13,15-16,18H,1-2,7-8,14,17,19-20H2. The third-order valence-electron chi connectivity index (χ3n) is 7.54. The molecule has 1 saturated heterocycles. The molecule has 1 aliphatic heterocycles. The van der Waals surface area contributed by atoms with E-state index in [9.17, 15) is 0 Å². The third kappa shape index (κ3) is 3.93. The van der Waals surface area contributed by atoms with Crippen molar-refractivity contribution in [1.82, 2.24) is 38.8 Å². The molecular formula is C27H28N8. The first-order valence-corrected chi connectivity index (χ1v) is 12.4. The van der Waals surface area contributed by atoms with Gasteiger partial charge in [0.1, 0.15) is 11.3 Å². The van der Waals surface area contributed by atoms with Gasteiger partial charge in [-0.3, -0.25) is 9.88 Å². The van der Waals surface area contributed by atoms with E-state index in [-0.39, 0.29) is 0 Å². The predicted molar refractivity (Wildman–Crippen MR) is 133 cm³/mol. The Hall–Kier alpha value is -3.78. The van der Waals surface area contributed by atoms with Crippen molar-refractivity contribution in [3.05, 3.63) is 85.0 Å². The van der Waals surface area contributed by atoms with Crippen LogP contribution in [0, 0.1) is 5.41 Å². The summed E-state index contributed by atoms with van der Waals surface area (Å²) in [5, 5.41) is 8.71. The van der Waals surface area contributed by atoms with Crippen molar-refractivity contribution in [2.45, 2.75) is 38.8 Å². The average molecular weight is 465 g/mol. The van der Waals surface area contributed by atoms with Crippen LogP contribution >= 0.6 is 0 Å². The monoisotopic (exact) mass is 464 g/mol. The maximum atomic E-state index is 4.80. The van der Waals surface area contributed by atoms with Crippen LogP contribution in [0.4, 0.5) is 0 Å². The van der Waals surface area contributed by atoms with Crippen LogP contribution in [0.2, 0.25) is 0 Å². The first-order valence-electron chi connectivity index (χ1n) is 12.4. The van der Waals surface area contributed by atoms with Gasteiger partial charge in [0.2, 0.25) is 0 Å². The largest absolute Gasteiger partial charge is 0.322 e. The number of fused-ring (bicyclic) bond motifs is 1. The zero-order valence-electron chi connectivity index (χ0n) is 19.7. The SMILES string of the molecule is c1ccn(-c2cncc(-c3cn(Cc4cn5cc(CN6CC7(CCCC7)C6)ccc5n4)nn3)c2)c1. The highest BCUT2D eigenvalue weighted by Gasteiger charge is 2.44. The number of likely N-dealkylation sites (tertiary alicyclic amines) is 1. The van der Waals surface area contributed by atoms with Gasteiger partial charge in [-0.25, -0.2) is 9.67 Å². The lowest BCUT2D eigenvalue weighted by atomic mass is 9.78. The minimum Gasteiger partial charge on any atom is -0.322 e. The van der Waals surface area contributed by atoms with Gasteiger partial charge in [0.15, 0.2) is 0 Å². The lowest BCUT2D eigenvalue weighted by molar-refractivity contribution is -0.000325. The molecule has 5 aromatic heterocycles. The lowest BCUT2D eigenvalue weighted by Crippen LogP contribution is -2.54. The van der Waals surface area contributed by atoms with Gasteiger partial charge in [0, 0.05) is 56.2 Å². The van der Waals surface area contributed by atoms with Gasteiger partial charge in [-0.1, -0.05) is 24.1 Å². The molecule has 0 unspecified atom stereocenters. The summed E-state index contributed by atoms with van der Waals surface area (Å²) in [7, 11) is 0. The van der Waals surface area contributed by atoms with Crippen molar-refractivity contribution in [3.63, 3.8) is 0 Å². The molecular weight excluding hydrogens is 436 g/mol. The number of pyridine rings is 2. The lowest BCUT2D eigenvalue weighted by Gasteiger charge is -2.48. The summed E-state index contributed by atoms with van der Waals surface area (Å²) in [4.78, 5) is 11.8. The Kier molecular flexibility index (Phi) is 4.80. The molecule has 2 aliphatic rings. The molecule has 8 nitrogen and oxygen atoms in total. The van der Waals surface area contributed by atoms with Gasteiger partial charge >= 0.3 is 0 Å². The van der Waals surface area contributed by atoms with Crippen LogP contribution in [-0.2, 0) is 13.1 Å². The van der Waals surface area contributed by atoms with E-state index in [1.807, 2.05) is 52.4 Å². The van der Waals surface area contributed by atoms with Crippen LogP contribution in [0.1, 0.15) is 36.9 Å². The number of aromatic nitrogens is 7. The molecule has 5 aromatic rings. The molecule has 35 heavy (non-hydrogen) atoms. The minimum atomic E-state index is 0.573. The van der Waals surface area contributed by atoms with Crippen molar-refractivity contribution in [2.24, 2.45) is 5.41 Å². The van der Waals surface area contributed by atoms with E-state index in [2.05, 4.69) is 55.2 Å². The maximum Gasteiger partial charge on any atom is 0.137 e. The average Bonchev–Trinajstić information content (AvgIpc) is 3.65. The van der Waals surface area contributed by atoms with Gasteiger partial charge < -0.3 is 8.97 Å². The molecule has 0 bridgehead atoms. The Bertz CT molecular complexity index is 1460. The maximum absolute atomic E-state index is 4.80. The Labute approximate surface area is 203 Å². The van der Waals surface area contributed by atoms with Crippen LogP contribution in [0.3, 0.4) is 0 Å². The summed E-state index contributed by atoms with van der Waals surface area (Å²) >= 11 is 0. The highest BCUT2D eigenvalue weighted by atomic mass is 15.4. The first kappa shape index (κ1) is 20.6. The van der Waals surface area contributed by atoms with E-state index in [1.54, 1.807) is 0 Å². The van der Waals surface area contributed by atoms with Gasteiger partial charge in [-0.05, 0) is 48.1 Å². The Morgan fingerprint density at radius 3 is 2.63 bits per heavy atom. The van der Waals surface area contributed by atoms with Crippen LogP contribution in [-0.4, -0.2) is 51.9 Å². The normalized spacial score (nSPS) is 17.4. The predicted octanol–water partition coefficient (Wildman–Crippen LogP) is 4.20. The first-order chi connectivity index (χ1) is 17.2. The van der Waals surface area contributed by atoms with E-state index in [1.165, 1.54) is 44.3 Å². The Balaban J connectivity index is 1.05. The number of hydrogen-bond donors (Lipinski definition) is 0. The fourth-order valence-corrected chi connectivity index (χ4v) is 5.86. The van der Waals surface area contributed by atoms with Crippen LogP contribution in [0.5, 0.6) is 0 Å². The zero-order chi connectivity index (χ0) is 23.2. The van der Waals surface area contributed by atoms with Crippen molar-refractivity contribution in [1.29, 1.82) is 0 Å². The summed E-state index contributed by atoms with van der Waals surface area (Å²) < 4.78 is 6.00. The number of nitrogens with zero attached hydrogens (tertiary/aromatic N) is 8. The molecule has 1 spiro atoms. The molecule has 1 saturated carbocycles. The van der Waals surface area contributed by atoms with Crippen molar-refractivity contribution >= 4 is 5.65 Å². The summed E-state index contributed by atoms with van der Waals surface area (Å²) in [6.45, 7) is 4.12. The second-order valence-corrected chi connectivity index (χ2v) is 10.2.